The van der Waals surface area contributed by atoms with Gasteiger partial charge in [0.25, 0.3) is 11.6 Å². The predicted molar refractivity (Wildman–Crippen MR) is 83.2 cm³/mol. The highest BCUT2D eigenvalue weighted by Crippen LogP contribution is 2.36. The van der Waals surface area contributed by atoms with Gasteiger partial charge in [0, 0.05) is 11.8 Å². The van der Waals surface area contributed by atoms with Gasteiger partial charge in [-0.1, -0.05) is 6.07 Å². The van der Waals surface area contributed by atoms with Crippen molar-refractivity contribution in [3.8, 4) is 17.6 Å². The number of fused-ring (bicyclic) bond motifs is 1. The third-order valence-corrected chi connectivity index (χ3v) is 3.35. The molecule has 3 rings (SSSR count). The molecule has 1 N–H and O–H groups in total. The summed E-state index contributed by atoms with van der Waals surface area (Å²) in [6.45, 7) is 0.590. The van der Waals surface area contributed by atoms with Crippen molar-refractivity contribution in [1.82, 2.24) is 0 Å². The molecule has 8 nitrogen and oxygen atoms in total. The second-order valence-electron chi connectivity index (χ2n) is 4.92. The van der Waals surface area contributed by atoms with Crippen molar-refractivity contribution in [1.29, 1.82) is 5.26 Å². The average molecular weight is 325 g/mol. The number of carbonyl (C=O) groups excluding carboxylic acids is 1. The largest absolute Gasteiger partial charge is 0.486 e. The lowest BCUT2D eigenvalue weighted by Gasteiger charge is -2.18. The van der Waals surface area contributed by atoms with Crippen LogP contribution in [0.15, 0.2) is 36.4 Å². The highest BCUT2D eigenvalue weighted by molar-refractivity contribution is 6.07. The topological polar surface area (TPSA) is 114 Å². The number of carbonyl (C=O) groups is 1. The van der Waals surface area contributed by atoms with Crippen LogP contribution in [0.3, 0.4) is 0 Å². The molecule has 1 amide bonds. The van der Waals surface area contributed by atoms with E-state index in [1.54, 1.807) is 18.2 Å². The Labute approximate surface area is 136 Å². The molecule has 2 aromatic carbocycles. The molecule has 1 aliphatic heterocycles. The SMILES string of the molecule is N#Cc1cccc(NC(=O)c2cc3c(cc2[N+](=O)[O-])OCCO3)c1. The third kappa shape index (κ3) is 2.96. The molecule has 8 heteroatoms. The molecule has 0 bridgehead atoms. The smallest absolute Gasteiger partial charge is 0.286 e. The Balaban J connectivity index is 1.96. The number of nitriles is 1. The summed E-state index contributed by atoms with van der Waals surface area (Å²) in [6.07, 6.45) is 0. The molecular weight excluding hydrogens is 314 g/mol. The first-order chi connectivity index (χ1) is 11.6. The normalized spacial score (nSPS) is 12.1. The van der Waals surface area contributed by atoms with Gasteiger partial charge in [0.05, 0.1) is 22.6 Å². The average Bonchev–Trinajstić information content (AvgIpc) is 2.60. The highest BCUT2D eigenvalue weighted by Gasteiger charge is 2.26. The zero-order valence-corrected chi connectivity index (χ0v) is 12.3. The fourth-order valence-corrected chi connectivity index (χ4v) is 2.28. The van der Waals surface area contributed by atoms with Crippen LogP contribution in [0.1, 0.15) is 15.9 Å². The number of hydrogen-bond donors (Lipinski definition) is 1. The summed E-state index contributed by atoms with van der Waals surface area (Å²) in [6, 6.07) is 10.7. The molecule has 2 aromatic rings. The van der Waals surface area contributed by atoms with E-state index < -0.39 is 10.8 Å². The molecule has 0 saturated heterocycles. The lowest BCUT2D eigenvalue weighted by molar-refractivity contribution is -0.385. The summed E-state index contributed by atoms with van der Waals surface area (Å²) in [7, 11) is 0. The molecule has 1 aliphatic rings. The van der Waals surface area contributed by atoms with Crippen molar-refractivity contribution in [2.45, 2.75) is 0 Å². The summed E-state index contributed by atoms with van der Waals surface area (Å²) in [5.74, 6) is -0.160. The maximum atomic E-state index is 12.4. The fourth-order valence-electron chi connectivity index (χ4n) is 2.28. The Morgan fingerprint density at radius 3 is 2.58 bits per heavy atom. The lowest BCUT2D eigenvalue weighted by Crippen LogP contribution is -2.18. The monoisotopic (exact) mass is 325 g/mol. The molecule has 24 heavy (non-hydrogen) atoms. The maximum Gasteiger partial charge on any atom is 0.286 e. The first kappa shape index (κ1) is 15.3. The van der Waals surface area contributed by atoms with E-state index in [2.05, 4.69) is 5.32 Å². The minimum atomic E-state index is -0.672. The fraction of sp³-hybridized carbons (Fsp3) is 0.125. The van der Waals surface area contributed by atoms with Gasteiger partial charge in [-0.25, -0.2) is 0 Å². The van der Waals surface area contributed by atoms with Crippen LogP contribution in [-0.2, 0) is 0 Å². The van der Waals surface area contributed by atoms with Gasteiger partial charge in [-0.05, 0) is 18.2 Å². The highest BCUT2D eigenvalue weighted by atomic mass is 16.6. The van der Waals surface area contributed by atoms with Crippen molar-refractivity contribution < 1.29 is 19.2 Å². The van der Waals surface area contributed by atoms with Gasteiger partial charge in [0.1, 0.15) is 18.8 Å². The summed E-state index contributed by atoms with van der Waals surface area (Å²) in [5.41, 5.74) is 0.201. The molecule has 0 unspecified atom stereocenters. The summed E-state index contributed by atoms with van der Waals surface area (Å²) in [4.78, 5) is 23.0. The molecule has 0 fully saturated rings. The van der Waals surface area contributed by atoms with Gasteiger partial charge in [-0.2, -0.15) is 5.26 Å². The van der Waals surface area contributed by atoms with E-state index >= 15 is 0 Å². The number of nitrogens with zero attached hydrogens (tertiary/aromatic N) is 2. The van der Waals surface area contributed by atoms with Crippen LogP contribution in [0.5, 0.6) is 11.5 Å². The Bertz CT molecular complexity index is 873. The van der Waals surface area contributed by atoms with Crippen LogP contribution in [0.4, 0.5) is 11.4 Å². The number of hydrogen-bond acceptors (Lipinski definition) is 6. The van der Waals surface area contributed by atoms with Crippen LogP contribution in [-0.4, -0.2) is 24.0 Å². The number of ether oxygens (including phenoxy) is 2. The molecule has 120 valence electrons. The van der Waals surface area contributed by atoms with Crippen molar-refractivity contribution in [2.75, 3.05) is 18.5 Å². The molecule has 0 aromatic heterocycles. The minimum Gasteiger partial charge on any atom is -0.486 e. The Morgan fingerprint density at radius 2 is 1.92 bits per heavy atom. The van der Waals surface area contributed by atoms with E-state index in [0.29, 0.717) is 17.9 Å². The van der Waals surface area contributed by atoms with E-state index in [1.165, 1.54) is 18.2 Å². The molecule has 0 aliphatic carbocycles. The van der Waals surface area contributed by atoms with Crippen LogP contribution in [0, 0.1) is 21.4 Å². The molecule has 0 radical (unpaired) electrons. The zero-order chi connectivity index (χ0) is 17.1. The maximum absolute atomic E-state index is 12.4. The predicted octanol–water partition coefficient (Wildman–Crippen LogP) is 2.49. The van der Waals surface area contributed by atoms with Crippen LogP contribution < -0.4 is 14.8 Å². The summed E-state index contributed by atoms with van der Waals surface area (Å²) in [5, 5.41) is 22.7. The molecule has 0 atom stereocenters. The number of rotatable bonds is 3. The number of benzene rings is 2. The van der Waals surface area contributed by atoms with Gasteiger partial charge in [-0.3, -0.25) is 14.9 Å². The van der Waals surface area contributed by atoms with Crippen LogP contribution in [0.2, 0.25) is 0 Å². The number of nitrogens with one attached hydrogen (secondary N) is 1. The summed E-state index contributed by atoms with van der Waals surface area (Å²) < 4.78 is 10.7. The van der Waals surface area contributed by atoms with E-state index in [4.69, 9.17) is 14.7 Å². The van der Waals surface area contributed by atoms with Gasteiger partial charge in [-0.15, -0.1) is 0 Å². The van der Waals surface area contributed by atoms with Gasteiger partial charge in [0.2, 0.25) is 0 Å². The number of nitro groups is 1. The van der Waals surface area contributed by atoms with E-state index in [0.717, 1.165) is 0 Å². The van der Waals surface area contributed by atoms with Crippen molar-refractivity contribution in [3.63, 3.8) is 0 Å². The third-order valence-electron chi connectivity index (χ3n) is 3.35. The Kier molecular flexibility index (Phi) is 3.99. The van der Waals surface area contributed by atoms with E-state index in [-0.39, 0.29) is 29.4 Å². The second kappa shape index (κ2) is 6.26. The zero-order valence-electron chi connectivity index (χ0n) is 12.3. The van der Waals surface area contributed by atoms with E-state index in [1.807, 2.05) is 6.07 Å². The van der Waals surface area contributed by atoms with Crippen LogP contribution >= 0.6 is 0 Å². The van der Waals surface area contributed by atoms with Crippen molar-refractivity contribution in [3.05, 3.63) is 57.6 Å². The number of amides is 1. The van der Waals surface area contributed by atoms with E-state index in [9.17, 15) is 14.9 Å². The van der Waals surface area contributed by atoms with Crippen molar-refractivity contribution >= 4 is 17.3 Å². The molecular formula is C16H11N3O5. The first-order valence-corrected chi connectivity index (χ1v) is 6.98. The first-order valence-electron chi connectivity index (χ1n) is 6.98. The molecule has 1 heterocycles. The molecule has 0 spiro atoms. The summed E-state index contributed by atoms with van der Waals surface area (Å²) >= 11 is 0. The van der Waals surface area contributed by atoms with Gasteiger partial charge in [0.15, 0.2) is 11.5 Å². The standard InChI is InChI=1S/C16H11N3O5/c17-9-10-2-1-3-11(6-10)18-16(20)12-7-14-15(24-5-4-23-14)8-13(12)19(21)22/h1-3,6-8H,4-5H2,(H,18,20). The Morgan fingerprint density at radius 1 is 1.21 bits per heavy atom. The quantitative estimate of drug-likeness (QED) is 0.685. The number of anilines is 1. The second-order valence-corrected chi connectivity index (χ2v) is 4.92. The Hall–Kier alpha value is -3.60. The minimum absolute atomic E-state index is 0.147. The van der Waals surface area contributed by atoms with Gasteiger partial charge < -0.3 is 14.8 Å². The van der Waals surface area contributed by atoms with Gasteiger partial charge >= 0.3 is 0 Å². The van der Waals surface area contributed by atoms with Crippen molar-refractivity contribution in [2.24, 2.45) is 0 Å². The number of nitro benzene ring substituents is 1. The molecule has 0 saturated carbocycles. The van der Waals surface area contributed by atoms with Crippen LogP contribution in [0.25, 0.3) is 0 Å². The lowest BCUT2D eigenvalue weighted by atomic mass is 10.1.